The second-order valence-corrected chi connectivity index (χ2v) is 6.18. The molecule has 94 valence electrons. The van der Waals surface area contributed by atoms with Gasteiger partial charge >= 0.3 is 0 Å². The lowest BCUT2D eigenvalue weighted by atomic mass is 9.89. The minimum atomic E-state index is 0.492. The number of ether oxygens (including phenoxy) is 1. The highest BCUT2D eigenvalue weighted by atomic mass is 79.9. The molecule has 0 saturated heterocycles. The third-order valence-corrected chi connectivity index (χ3v) is 5.25. The van der Waals surface area contributed by atoms with Crippen LogP contribution < -0.4 is 4.74 Å². The summed E-state index contributed by atoms with van der Waals surface area (Å²) < 4.78 is 5.26. The van der Waals surface area contributed by atoms with Gasteiger partial charge in [0.05, 0.1) is 7.11 Å². The maximum Gasteiger partial charge on any atom is 0.119 e. The highest BCUT2D eigenvalue weighted by Crippen LogP contribution is 2.45. The molecule has 1 saturated carbocycles. The van der Waals surface area contributed by atoms with Gasteiger partial charge in [0.15, 0.2) is 0 Å². The summed E-state index contributed by atoms with van der Waals surface area (Å²) in [4.78, 5) is 0.492. The van der Waals surface area contributed by atoms with Gasteiger partial charge < -0.3 is 4.74 Å². The average molecular weight is 297 g/mol. The molecule has 1 aliphatic rings. The number of aryl methyl sites for hydroxylation is 1. The Morgan fingerprint density at radius 3 is 2.65 bits per heavy atom. The minimum Gasteiger partial charge on any atom is -0.497 e. The van der Waals surface area contributed by atoms with E-state index >= 15 is 0 Å². The van der Waals surface area contributed by atoms with E-state index in [0.29, 0.717) is 4.83 Å². The minimum absolute atomic E-state index is 0.492. The van der Waals surface area contributed by atoms with Crippen LogP contribution in [0.1, 0.15) is 42.1 Å². The maximum absolute atomic E-state index is 5.26. The van der Waals surface area contributed by atoms with Crippen molar-refractivity contribution in [3.8, 4) is 5.75 Å². The van der Waals surface area contributed by atoms with E-state index in [-0.39, 0.29) is 0 Å². The van der Waals surface area contributed by atoms with Gasteiger partial charge in [0.2, 0.25) is 0 Å². The number of benzene rings is 1. The summed E-state index contributed by atoms with van der Waals surface area (Å²) in [5, 5.41) is 0. The highest BCUT2D eigenvalue weighted by molar-refractivity contribution is 9.09. The first-order valence-corrected chi connectivity index (χ1v) is 7.33. The number of hydrogen-bond acceptors (Lipinski definition) is 1. The van der Waals surface area contributed by atoms with Crippen LogP contribution in [0.15, 0.2) is 18.2 Å². The molecular weight excluding hydrogens is 276 g/mol. The third-order valence-electron chi connectivity index (χ3n) is 4.08. The van der Waals surface area contributed by atoms with Gasteiger partial charge in [-0.3, -0.25) is 0 Å². The first-order chi connectivity index (χ1) is 8.13. The fraction of sp³-hybridized carbons (Fsp3) is 0.600. The second-order valence-electron chi connectivity index (χ2n) is 5.20. The summed E-state index contributed by atoms with van der Waals surface area (Å²) in [5.74, 6) is 2.56. The molecule has 0 aromatic heterocycles. The van der Waals surface area contributed by atoms with Crippen molar-refractivity contribution < 1.29 is 4.74 Å². The van der Waals surface area contributed by atoms with E-state index < -0.39 is 0 Å². The summed E-state index contributed by atoms with van der Waals surface area (Å²) in [6, 6.07) is 6.40. The van der Waals surface area contributed by atoms with Crippen molar-refractivity contribution in [2.75, 3.05) is 7.11 Å². The molecule has 1 fully saturated rings. The predicted molar refractivity (Wildman–Crippen MR) is 75.9 cm³/mol. The molecule has 0 bridgehead atoms. The zero-order valence-electron chi connectivity index (χ0n) is 10.9. The molecule has 0 heterocycles. The largest absolute Gasteiger partial charge is 0.497 e. The smallest absolute Gasteiger partial charge is 0.119 e. The Labute approximate surface area is 113 Å². The van der Waals surface area contributed by atoms with Crippen LogP contribution >= 0.6 is 15.9 Å². The van der Waals surface area contributed by atoms with Gasteiger partial charge in [-0.1, -0.05) is 41.8 Å². The summed E-state index contributed by atoms with van der Waals surface area (Å²) in [5.41, 5.74) is 2.75. The number of methoxy groups -OCH3 is 1. The number of halogens is 1. The first kappa shape index (κ1) is 12.9. The molecule has 1 aliphatic carbocycles. The number of hydrogen-bond donors (Lipinski definition) is 0. The van der Waals surface area contributed by atoms with Gasteiger partial charge in [-0.25, -0.2) is 0 Å². The Morgan fingerprint density at radius 1 is 1.35 bits per heavy atom. The van der Waals surface area contributed by atoms with Crippen LogP contribution in [0.3, 0.4) is 0 Å². The standard InChI is InChI=1S/C15H21BrO/c1-10-5-4-6-13(10)15(16)14-8-7-12(17-3)9-11(14)2/h7-10,13,15H,4-6H2,1-3H3. The van der Waals surface area contributed by atoms with E-state index in [0.717, 1.165) is 17.6 Å². The summed E-state index contributed by atoms with van der Waals surface area (Å²) >= 11 is 3.91. The van der Waals surface area contributed by atoms with Crippen LogP contribution in [0.25, 0.3) is 0 Å². The molecule has 1 aromatic rings. The molecular formula is C15H21BrO. The molecule has 0 spiro atoms. The molecule has 0 radical (unpaired) electrons. The summed E-state index contributed by atoms with van der Waals surface area (Å²) in [6.07, 6.45) is 4.10. The Kier molecular flexibility index (Phi) is 4.13. The van der Waals surface area contributed by atoms with Crippen molar-refractivity contribution in [2.24, 2.45) is 11.8 Å². The lowest BCUT2D eigenvalue weighted by Gasteiger charge is -2.23. The molecule has 0 N–H and O–H groups in total. The first-order valence-electron chi connectivity index (χ1n) is 6.42. The number of alkyl halides is 1. The van der Waals surface area contributed by atoms with Crippen LogP contribution in [0.4, 0.5) is 0 Å². The van der Waals surface area contributed by atoms with Gasteiger partial charge in [0.25, 0.3) is 0 Å². The molecule has 2 heteroatoms. The van der Waals surface area contributed by atoms with Crippen LogP contribution in [-0.2, 0) is 0 Å². The lowest BCUT2D eigenvalue weighted by Crippen LogP contribution is -2.11. The fourth-order valence-corrected chi connectivity index (χ4v) is 4.22. The van der Waals surface area contributed by atoms with Crippen molar-refractivity contribution in [3.05, 3.63) is 29.3 Å². The Morgan fingerprint density at radius 2 is 2.12 bits per heavy atom. The van der Waals surface area contributed by atoms with Crippen LogP contribution in [0.2, 0.25) is 0 Å². The SMILES string of the molecule is COc1ccc(C(Br)C2CCCC2C)c(C)c1. The Hall–Kier alpha value is -0.500. The highest BCUT2D eigenvalue weighted by Gasteiger charge is 2.30. The average Bonchev–Trinajstić information content (AvgIpc) is 2.74. The molecule has 1 nitrogen and oxygen atoms in total. The molecule has 0 amide bonds. The van der Waals surface area contributed by atoms with Gasteiger partial charge in [-0.15, -0.1) is 0 Å². The molecule has 17 heavy (non-hydrogen) atoms. The predicted octanol–water partition coefficient (Wildman–Crippen LogP) is 4.88. The zero-order chi connectivity index (χ0) is 12.4. The van der Waals surface area contributed by atoms with Crippen LogP contribution in [0.5, 0.6) is 5.75 Å². The summed E-state index contributed by atoms with van der Waals surface area (Å²) in [7, 11) is 1.72. The summed E-state index contributed by atoms with van der Waals surface area (Å²) in [6.45, 7) is 4.55. The zero-order valence-corrected chi connectivity index (χ0v) is 12.5. The van der Waals surface area contributed by atoms with Crippen LogP contribution in [-0.4, -0.2) is 7.11 Å². The fourth-order valence-electron chi connectivity index (χ4n) is 2.92. The Balaban J connectivity index is 2.21. The van der Waals surface area contributed by atoms with E-state index in [1.54, 1.807) is 7.11 Å². The van der Waals surface area contributed by atoms with Gasteiger partial charge in [0.1, 0.15) is 5.75 Å². The van der Waals surface area contributed by atoms with E-state index in [1.807, 2.05) is 0 Å². The normalized spacial score (nSPS) is 25.9. The van der Waals surface area contributed by atoms with Crippen molar-refractivity contribution in [3.63, 3.8) is 0 Å². The molecule has 3 atom stereocenters. The van der Waals surface area contributed by atoms with Gasteiger partial charge in [-0.05, 0) is 48.4 Å². The molecule has 3 unspecified atom stereocenters. The van der Waals surface area contributed by atoms with Crippen LogP contribution in [0, 0.1) is 18.8 Å². The van der Waals surface area contributed by atoms with E-state index in [9.17, 15) is 0 Å². The van der Waals surface area contributed by atoms with Gasteiger partial charge in [-0.2, -0.15) is 0 Å². The van der Waals surface area contributed by atoms with E-state index in [4.69, 9.17) is 4.74 Å². The maximum atomic E-state index is 5.26. The topological polar surface area (TPSA) is 9.23 Å². The lowest BCUT2D eigenvalue weighted by molar-refractivity contribution is 0.408. The van der Waals surface area contributed by atoms with Gasteiger partial charge in [0, 0.05) is 4.83 Å². The van der Waals surface area contributed by atoms with E-state index in [2.05, 4.69) is 48.0 Å². The van der Waals surface area contributed by atoms with E-state index in [1.165, 1.54) is 30.4 Å². The van der Waals surface area contributed by atoms with Crippen molar-refractivity contribution in [1.29, 1.82) is 0 Å². The quantitative estimate of drug-likeness (QED) is 0.723. The van der Waals surface area contributed by atoms with Crippen molar-refractivity contribution in [2.45, 2.75) is 37.9 Å². The molecule has 0 aliphatic heterocycles. The monoisotopic (exact) mass is 296 g/mol. The number of rotatable bonds is 3. The van der Waals surface area contributed by atoms with Crippen molar-refractivity contribution in [1.82, 2.24) is 0 Å². The molecule has 1 aromatic carbocycles. The Bertz CT molecular complexity index is 389. The van der Waals surface area contributed by atoms with Crippen molar-refractivity contribution >= 4 is 15.9 Å². The third kappa shape index (κ3) is 2.67. The second kappa shape index (κ2) is 5.43. The molecule has 2 rings (SSSR count).